The second kappa shape index (κ2) is 14.3. The van der Waals surface area contributed by atoms with E-state index in [1.165, 1.54) is 42.3 Å². The van der Waals surface area contributed by atoms with E-state index in [1.807, 2.05) is 27.7 Å². The number of aliphatic hydroxyl groups excluding tert-OH is 1. The molecule has 0 bridgehead atoms. The number of β-amino-alcohol motifs (C(OH)–C–C–N with tert-alkyl or cyclic N) is 1. The van der Waals surface area contributed by atoms with Gasteiger partial charge in [-0.1, -0.05) is 58.8 Å². The summed E-state index contributed by atoms with van der Waals surface area (Å²) in [6.45, 7) is 7.72. The number of carbonyl (C=O) groups excluding carboxylic acids is 3. The van der Waals surface area contributed by atoms with Gasteiger partial charge in [0.05, 0.1) is 11.7 Å². The quantitative estimate of drug-likeness (QED) is 0.183. The second-order valence-electron chi connectivity index (χ2n) is 11.8. The van der Waals surface area contributed by atoms with Gasteiger partial charge in [-0.05, 0) is 61.5 Å². The summed E-state index contributed by atoms with van der Waals surface area (Å²) in [4.78, 5) is 41.2. The van der Waals surface area contributed by atoms with Crippen LogP contribution in [0.1, 0.15) is 85.5 Å². The smallest absolute Gasteiger partial charge is 0.262 e. The van der Waals surface area contributed by atoms with E-state index in [2.05, 4.69) is 34.1 Å². The molecule has 212 valence electrons. The number of amides is 3. The number of carbonyl (C=O) groups is 3. The molecule has 0 spiro atoms. The van der Waals surface area contributed by atoms with Crippen LogP contribution < -0.4 is 10.7 Å². The van der Waals surface area contributed by atoms with E-state index in [1.54, 1.807) is 5.55 Å². The summed E-state index contributed by atoms with van der Waals surface area (Å²) < 4.78 is 0. The van der Waals surface area contributed by atoms with Crippen LogP contribution in [0.15, 0.2) is 28.9 Å². The van der Waals surface area contributed by atoms with Crippen molar-refractivity contribution < 1.29 is 19.5 Å². The first-order valence-corrected chi connectivity index (χ1v) is 15.2. The summed E-state index contributed by atoms with van der Waals surface area (Å²) in [7, 11) is 0. The summed E-state index contributed by atoms with van der Waals surface area (Å²) in [6.07, 6.45) is 14.9. The van der Waals surface area contributed by atoms with Gasteiger partial charge in [0, 0.05) is 18.5 Å². The monoisotopic (exact) mass is 546 g/mol. The van der Waals surface area contributed by atoms with Crippen LogP contribution in [-0.2, 0) is 14.4 Å². The zero-order valence-electron chi connectivity index (χ0n) is 23.4. The summed E-state index contributed by atoms with van der Waals surface area (Å²) >= 11 is 1.45. The van der Waals surface area contributed by atoms with E-state index in [9.17, 15) is 19.5 Å². The molecule has 3 N–H and O–H groups in total. The summed E-state index contributed by atoms with van der Waals surface area (Å²) in [6, 6.07) is -1.67. The maximum Gasteiger partial charge on any atom is 0.262 e. The van der Waals surface area contributed by atoms with Crippen molar-refractivity contribution in [2.45, 2.75) is 104 Å². The Morgan fingerprint density at radius 3 is 2.71 bits per heavy atom. The van der Waals surface area contributed by atoms with Gasteiger partial charge in [0.2, 0.25) is 11.8 Å². The van der Waals surface area contributed by atoms with Gasteiger partial charge in [-0.2, -0.15) is 5.10 Å². The predicted octanol–water partition coefficient (Wildman–Crippen LogP) is 4.15. The van der Waals surface area contributed by atoms with Crippen molar-refractivity contribution >= 4 is 35.0 Å². The molecule has 0 aromatic heterocycles. The highest BCUT2D eigenvalue weighted by atomic mass is 32.2. The van der Waals surface area contributed by atoms with E-state index < -0.39 is 29.5 Å². The Hall–Kier alpha value is -2.13. The third kappa shape index (κ3) is 8.43. The minimum Gasteiger partial charge on any atom is -0.391 e. The molecule has 0 aromatic rings. The number of nitrogens with one attached hydrogen (secondary N) is 2. The minimum absolute atomic E-state index is 0.0477. The first-order chi connectivity index (χ1) is 18.1. The first kappa shape index (κ1) is 30.4. The van der Waals surface area contributed by atoms with Crippen molar-refractivity contribution in [2.75, 3.05) is 12.3 Å². The largest absolute Gasteiger partial charge is 0.391 e. The molecular weight excluding hydrogens is 500 g/mol. The Labute approximate surface area is 232 Å². The molecule has 1 fully saturated rings. The van der Waals surface area contributed by atoms with E-state index in [-0.39, 0.29) is 24.8 Å². The van der Waals surface area contributed by atoms with Crippen LogP contribution in [0.25, 0.3) is 0 Å². The SMILES string of the molecule is CCS/C=N\NC(=O)[C@@H]1C[C@@H](O)CN1C(=O)[C@@H](NC(=O)C1=CCC(C2/C=C\CCCCC2)CC1)C(C)(C)C. The molecule has 2 unspecified atom stereocenters. The molecule has 0 saturated carbocycles. The Balaban J connectivity index is 1.66. The fourth-order valence-corrected chi connectivity index (χ4v) is 5.93. The Bertz CT molecular complexity index is 926. The van der Waals surface area contributed by atoms with E-state index in [4.69, 9.17) is 0 Å². The number of rotatable bonds is 8. The molecule has 38 heavy (non-hydrogen) atoms. The lowest BCUT2D eigenvalue weighted by molar-refractivity contribution is -0.143. The fraction of sp³-hybridized carbons (Fsp3) is 0.724. The summed E-state index contributed by atoms with van der Waals surface area (Å²) in [5.74, 6) is 0.953. The molecule has 3 amide bonds. The number of allylic oxidation sites excluding steroid dienone is 3. The maximum absolute atomic E-state index is 13.7. The van der Waals surface area contributed by atoms with E-state index in [0.717, 1.165) is 30.6 Å². The van der Waals surface area contributed by atoms with Crippen molar-refractivity contribution in [2.24, 2.45) is 22.4 Å². The number of thioether (sulfide) groups is 1. The van der Waals surface area contributed by atoms with Crippen LogP contribution in [0.3, 0.4) is 0 Å². The molecule has 8 nitrogen and oxygen atoms in total. The van der Waals surface area contributed by atoms with E-state index in [0.29, 0.717) is 18.3 Å². The van der Waals surface area contributed by atoms with Gasteiger partial charge in [0.15, 0.2) is 0 Å². The number of likely N-dealkylation sites (tertiary alicyclic amines) is 1. The van der Waals surface area contributed by atoms with Gasteiger partial charge in [-0.25, -0.2) is 5.43 Å². The van der Waals surface area contributed by atoms with Crippen molar-refractivity contribution in [3.8, 4) is 0 Å². The molecule has 3 aliphatic rings. The predicted molar refractivity (Wildman–Crippen MR) is 153 cm³/mol. The summed E-state index contributed by atoms with van der Waals surface area (Å²) in [5.41, 5.74) is 4.17. The maximum atomic E-state index is 13.7. The van der Waals surface area contributed by atoms with Gasteiger partial charge < -0.3 is 15.3 Å². The Morgan fingerprint density at radius 1 is 1.24 bits per heavy atom. The van der Waals surface area contributed by atoms with Crippen LogP contribution >= 0.6 is 11.8 Å². The molecule has 0 aromatic carbocycles. The lowest BCUT2D eigenvalue weighted by atomic mass is 9.77. The lowest BCUT2D eigenvalue weighted by Gasteiger charge is -2.36. The highest BCUT2D eigenvalue weighted by Gasteiger charge is 2.44. The van der Waals surface area contributed by atoms with Gasteiger partial charge in [0.25, 0.3) is 5.91 Å². The molecule has 3 rings (SSSR count). The molecule has 1 heterocycles. The number of hydrazone groups is 1. The third-order valence-electron chi connectivity index (χ3n) is 7.86. The van der Waals surface area contributed by atoms with Crippen molar-refractivity contribution in [3.63, 3.8) is 0 Å². The standard InChI is InChI=1S/C29H46N4O4S/c1-5-38-19-30-32-27(36)24-17-23(34)18-33(24)28(37)25(29(2,3)4)31-26(35)22-15-13-21(14-16-22)20-11-9-7-6-8-10-12-20/h9,11,15,19-21,23-25,34H,5-8,10,12-14,16-18H2,1-4H3,(H,31,35)(H,32,36)/b11-9-,30-19-/t20?,21?,23-,24+,25-/m1/s1. The molecule has 9 heteroatoms. The van der Waals surface area contributed by atoms with Gasteiger partial charge in [-0.15, -0.1) is 11.8 Å². The van der Waals surface area contributed by atoms with Crippen LogP contribution in [0.5, 0.6) is 0 Å². The highest BCUT2D eigenvalue weighted by molar-refractivity contribution is 8.12. The van der Waals surface area contributed by atoms with Crippen molar-refractivity contribution in [1.82, 2.24) is 15.6 Å². The molecular formula is C29H46N4O4S. The first-order valence-electron chi connectivity index (χ1n) is 14.2. The number of hydrogen-bond acceptors (Lipinski definition) is 6. The van der Waals surface area contributed by atoms with Crippen LogP contribution in [0.2, 0.25) is 0 Å². The lowest BCUT2D eigenvalue weighted by Crippen LogP contribution is -2.57. The molecule has 2 aliphatic carbocycles. The Morgan fingerprint density at radius 2 is 2.03 bits per heavy atom. The average molecular weight is 547 g/mol. The third-order valence-corrected chi connectivity index (χ3v) is 8.45. The van der Waals surface area contributed by atoms with Gasteiger partial charge in [-0.3, -0.25) is 14.4 Å². The van der Waals surface area contributed by atoms with Crippen LogP contribution in [0, 0.1) is 17.3 Å². The molecule has 5 atom stereocenters. The number of nitrogens with zero attached hydrogens (tertiary/aromatic N) is 2. The molecule has 1 aliphatic heterocycles. The molecule has 0 radical (unpaired) electrons. The van der Waals surface area contributed by atoms with Gasteiger partial charge in [0.1, 0.15) is 12.1 Å². The zero-order valence-corrected chi connectivity index (χ0v) is 24.3. The normalized spacial score (nSPS) is 28.2. The van der Waals surface area contributed by atoms with Crippen molar-refractivity contribution in [3.05, 3.63) is 23.8 Å². The highest BCUT2D eigenvalue weighted by Crippen LogP contribution is 2.35. The Kier molecular flexibility index (Phi) is 11.5. The number of aliphatic hydroxyl groups is 1. The summed E-state index contributed by atoms with van der Waals surface area (Å²) in [5, 5.41) is 17.2. The zero-order chi connectivity index (χ0) is 27.7. The van der Waals surface area contributed by atoms with Crippen LogP contribution in [-0.4, -0.2) is 63.8 Å². The minimum atomic E-state index is -0.838. The van der Waals surface area contributed by atoms with Crippen molar-refractivity contribution in [1.29, 1.82) is 0 Å². The number of hydrogen-bond donors (Lipinski definition) is 3. The van der Waals surface area contributed by atoms with Gasteiger partial charge >= 0.3 is 0 Å². The topological polar surface area (TPSA) is 111 Å². The average Bonchev–Trinajstić information content (AvgIpc) is 3.25. The van der Waals surface area contributed by atoms with E-state index >= 15 is 0 Å². The van der Waals surface area contributed by atoms with Crippen LogP contribution in [0.4, 0.5) is 0 Å². The fourth-order valence-electron chi connectivity index (χ4n) is 5.65. The molecule has 1 saturated heterocycles. The second-order valence-corrected chi connectivity index (χ2v) is 12.9.